The Morgan fingerprint density at radius 1 is 1.04 bits per heavy atom. The van der Waals surface area contributed by atoms with Gasteiger partial charge in [-0.1, -0.05) is 23.2 Å². The Morgan fingerprint density at radius 2 is 1.71 bits per heavy atom. The van der Waals surface area contributed by atoms with Crippen LogP contribution in [0.2, 0.25) is 10.0 Å². The van der Waals surface area contributed by atoms with E-state index in [4.69, 9.17) is 32.7 Å². The number of ether oxygens (including phenoxy) is 3. The average molecular weight is 369 g/mol. The Morgan fingerprint density at radius 3 is 2.29 bits per heavy atom. The number of esters is 2. The summed E-state index contributed by atoms with van der Waals surface area (Å²) in [5, 5.41) is 0.762. The second-order valence-corrected chi connectivity index (χ2v) is 5.62. The van der Waals surface area contributed by atoms with E-state index in [0.29, 0.717) is 21.4 Å². The van der Waals surface area contributed by atoms with Gasteiger partial charge in [-0.15, -0.1) is 0 Å². The third kappa shape index (κ3) is 4.63. The molecule has 1 atom stereocenters. The van der Waals surface area contributed by atoms with E-state index in [2.05, 4.69) is 4.74 Å². The predicted molar refractivity (Wildman–Crippen MR) is 90.0 cm³/mol. The van der Waals surface area contributed by atoms with Crippen molar-refractivity contribution < 1.29 is 23.8 Å². The summed E-state index contributed by atoms with van der Waals surface area (Å²) in [6.07, 6.45) is -0.885. The second kappa shape index (κ2) is 8.04. The van der Waals surface area contributed by atoms with Crippen molar-refractivity contribution in [1.29, 1.82) is 0 Å². The number of halogens is 2. The topological polar surface area (TPSA) is 61.8 Å². The SMILES string of the molecule is COC(=O)c1ccc(OC(=O)C(C)Oc2ccc(Cl)cc2Cl)cc1. The average Bonchev–Trinajstić information content (AvgIpc) is 2.57. The van der Waals surface area contributed by atoms with Gasteiger partial charge in [0.2, 0.25) is 0 Å². The van der Waals surface area contributed by atoms with Gasteiger partial charge in [0.1, 0.15) is 11.5 Å². The van der Waals surface area contributed by atoms with E-state index >= 15 is 0 Å². The summed E-state index contributed by atoms with van der Waals surface area (Å²) in [5.74, 6) is -0.467. The molecule has 0 saturated heterocycles. The molecule has 0 aliphatic carbocycles. The lowest BCUT2D eigenvalue weighted by Crippen LogP contribution is -2.28. The highest BCUT2D eigenvalue weighted by Crippen LogP contribution is 2.28. The molecule has 0 heterocycles. The zero-order valence-corrected chi connectivity index (χ0v) is 14.4. The molecule has 0 bridgehead atoms. The monoisotopic (exact) mass is 368 g/mol. The fourth-order valence-corrected chi connectivity index (χ4v) is 2.24. The molecule has 24 heavy (non-hydrogen) atoms. The number of carbonyl (C=O) groups excluding carboxylic acids is 2. The zero-order chi connectivity index (χ0) is 17.7. The molecule has 2 aromatic carbocycles. The van der Waals surface area contributed by atoms with Gasteiger partial charge >= 0.3 is 11.9 Å². The largest absolute Gasteiger partial charge is 0.477 e. The van der Waals surface area contributed by atoms with Crippen molar-refractivity contribution in [2.45, 2.75) is 13.0 Å². The zero-order valence-electron chi connectivity index (χ0n) is 12.9. The van der Waals surface area contributed by atoms with Crippen LogP contribution in [0, 0.1) is 0 Å². The smallest absolute Gasteiger partial charge is 0.352 e. The summed E-state index contributed by atoms with van der Waals surface area (Å²) in [5.41, 5.74) is 0.356. The second-order valence-electron chi connectivity index (χ2n) is 4.77. The maximum Gasteiger partial charge on any atom is 0.352 e. The number of hydrogen-bond donors (Lipinski definition) is 0. The first-order valence-electron chi connectivity index (χ1n) is 6.92. The molecule has 7 heteroatoms. The van der Waals surface area contributed by atoms with E-state index in [1.54, 1.807) is 12.1 Å². The Kier molecular flexibility index (Phi) is 6.06. The van der Waals surface area contributed by atoms with Crippen LogP contribution in [-0.2, 0) is 9.53 Å². The Labute approximate surface area is 149 Å². The van der Waals surface area contributed by atoms with E-state index < -0.39 is 18.0 Å². The number of benzene rings is 2. The minimum absolute atomic E-state index is 0.283. The van der Waals surface area contributed by atoms with Crippen LogP contribution < -0.4 is 9.47 Å². The lowest BCUT2D eigenvalue weighted by atomic mass is 10.2. The van der Waals surface area contributed by atoms with E-state index in [1.807, 2.05) is 0 Å². The highest BCUT2D eigenvalue weighted by Gasteiger charge is 2.19. The molecule has 0 radical (unpaired) electrons. The van der Waals surface area contributed by atoms with Gasteiger partial charge in [-0.05, 0) is 49.4 Å². The quantitative estimate of drug-likeness (QED) is 0.585. The number of rotatable bonds is 5. The Bertz CT molecular complexity index is 743. The minimum atomic E-state index is -0.885. The molecule has 2 aromatic rings. The van der Waals surface area contributed by atoms with Crippen molar-refractivity contribution in [3.63, 3.8) is 0 Å². The summed E-state index contributed by atoms with van der Waals surface area (Å²) in [7, 11) is 1.29. The fraction of sp³-hybridized carbons (Fsp3) is 0.176. The lowest BCUT2D eigenvalue weighted by Gasteiger charge is -2.15. The van der Waals surface area contributed by atoms with Crippen LogP contribution in [0.1, 0.15) is 17.3 Å². The van der Waals surface area contributed by atoms with E-state index in [-0.39, 0.29) is 5.75 Å². The summed E-state index contributed by atoms with van der Waals surface area (Å²) in [6, 6.07) is 10.7. The standard InChI is InChI=1S/C17H14Cl2O5/c1-10(23-15-8-5-12(18)9-14(15)19)16(20)24-13-6-3-11(4-7-13)17(21)22-2/h3-10H,1-2H3. The van der Waals surface area contributed by atoms with Crippen molar-refractivity contribution in [2.24, 2.45) is 0 Å². The van der Waals surface area contributed by atoms with Crippen LogP contribution in [0.5, 0.6) is 11.5 Å². The van der Waals surface area contributed by atoms with Crippen LogP contribution >= 0.6 is 23.2 Å². The first-order chi connectivity index (χ1) is 11.4. The number of carbonyl (C=O) groups is 2. The van der Waals surface area contributed by atoms with Gasteiger partial charge < -0.3 is 14.2 Å². The molecule has 0 fully saturated rings. The summed E-state index contributed by atoms with van der Waals surface area (Å²) < 4.78 is 15.3. The normalized spacial score (nSPS) is 11.5. The van der Waals surface area contributed by atoms with Crippen molar-refractivity contribution in [3.05, 3.63) is 58.1 Å². The maximum atomic E-state index is 12.1. The van der Waals surface area contributed by atoms with Crippen molar-refractivity contribution in [3.8, 4) is 11.5 Å². The van der Waals surface area contributed by atoms with Crippen LogP contribution in [-0.4, -0.2) is 25.2 Å². The molecule has 0 aliphatic heterocycles. The summed E-state index contributed by atoms with van der Waals surface area (Å²) in [4.78, 5) is 23.4. The molecule has 0 amide bonds. The molecule has 0 spiro atoms. The van der Waals surface area contributed by atoms with Gasteiger partial charge in [0.15, 0.2) is 6.10 Å². The number of methoxy groups -OCH3 is 1. The maximum absolute atomic E-state index is 12.1. The first kappa shape index (κ1) is 18.1. The molecule has 2 rings (SSSR count). The van der Waals surface area contributed by atoms with Crippen LogP contribution in [0.25, 0.3) is 0 Å². The molecule has 1 unspecified atom stereocenters. The van der Waals surface area contributed by atoms with Crippen LogP contribution in [0.15, 0.2) is 42.5 Å². The van der Waals surface area contributed by atoms with E-state index in [0.717, 1.165) is 0 Å². The van der Waals surface area contributed by atoms with E-state index in [9.17, 15) is 9.59 Å². The van der Waals surface area contributed by atoms with Crippen LogP contribution in [0.3, 0.4) is 0 Å². The third-order valence-corrected chi connectivity index (χ3v) is 3.55. The molecule has 0 N–H and O–H groups in total. The van der Waals surface area contributed by atoms with Crippen molar-refractivity contribution >= 4 is 35.1 Å². The molecule has 0 aliphatic rings. The van der Waals surface area contributed by atoms with Gasteiger partial charge in [-0.2, -0.15) is 0 Å². The molecular weight excluding hydrogens is 355 g/mol. The first-order valence-corrected chi connectivity index (χ1v) is 7.68. The Hall–Kier alpha value is -2.24. The van der Waals surface area contributed by atoms with Gasteiger partial charge in [0.25, 0.3) is 0 Å². The van der Waals surface area contributed by atoms with Gasteiger partial charge in [0, 0.05) is 5.02 Å². The molecule has 5 nitrogen and oxygen atoms in total. The molecule has 0 saturated carbocycles. The predicted octanol–water partition coefficient (Wildman–Crippen LogP) is 4.15. The van der Waals surface area contributed by atoms with Crippen molar-refractivity contribution in [1.82, 2.24) is 0 Å². The highest BCUT2D eigenvalue weighted by molar-refractivity contribution is 6.35. The fourth-order valence-electron chi connectivity index (χ4n) is 1.79. The van der Waals surface area contributed by atoms with Gasteiger partial charge in [-0.3, -0.25) is 0 Å². The van der Waals surface area contributed by atoms with Crippen LogP contribution in [0.4, 0.5) is 0 Å². The summed E-state index contributed by atoms with van der Waals surface area (Å²) >= 11 is 11.8. The lowest BCUT2D eigenvalue weighted by molar-refractivity contribution is -0.141. The highest BCUT2D eigenvalue weighted by atomic mass is 35.5. The van der Waals surface area contributed by atoms with E-state index in [1.165, 1.54) is 44.4 Å². The molecule has 0 aromatic heterocycles. The van der Waals surface area contributed by atoms with Gasteiger partial charge in [0.05, 0.1) is 17.7 Å². The van der Waals surface area contributed by atoms with Gasteiger partial charge in [-0.25, -0.2) is 9.59 Å². The molecular formula is C17H14Cl2O5. The Balaban J connectivity index is 1.99. The minimum Gasteiger partial charge on any atom is -0.477 e. The molecule has 126 valence electrons. The van der Waals surface area contributed by atoms with Crippen molar-refractivity contribution in [2.75, 3.05) is 7.11 Å². The summed E-state index contributed by atoms with van der Waals surface area (Å²) in [6.45, 7) is 1.54. The number of hydrogen-bond acceptors (Lipinski definition) is 5. The third-order valence-electron chi connectivity index (χ3n) is 3.02.